The molecule has 3 N–H and O–H groups in total. The molecule has 1 heterocycles. The van der Waals surface area contributed by atoms with Crippen LogP contribution >= 0.6 is 0 Å². The van der Waals surface area contributed by atoms with Crippen LogP contribution in [0, 0.1) is 52.3 Å². The molecular formula is C30H52O7. The van der Waals surface area contributed by atoms with Crippen LogP contribution in [0.2, 0.25) is 0 Å². The van der Waals surface area contributed by atoms with Gasteiger partial charge in [0.1, 0.15) is 0 Å². The van der Waals surface area contributed by atoms with Crippen molar-refractivity contribution >= 4 is 5.97 Å². The fourth-order valence-electron chi connectivity index (χ4n) is 9.38. The number of hydrogen-bond acceptors (Lipinski definition) is 7. The van der Waals surface area contributed by atoms with Crippen molar-refractivity contribution in [3.8, 4) is 0 Å². The highest BCUT2D eigenvalue weighted by Crippen LogP contribution is 2.66. The van der Waals surface area contributed by atoms with Crippen molar-refractivity contribution in [2.24, 2.45) is 52.3 Å². The number of methoxy groups -OCH3 is 2. The number of esters is 1. The highest BCUT2D eigenvalue weighted by atomic mass is 16.5. The van der Waals surface area contributed by atoms with Crippen LogP contribution in [0.5, 0.6) is 0 Å². The monoisotopic (exact) mass is 524 g/mol. The van der Waals surface area contributed by atoms with Crippen molar-refractivity contribution in [3.05, 3.63) is 0 Å². The van der Waals surface area contributed by atoms with Gasteiger partial charge >= 0.3 is 5.97 Å². The fourth-order valence-corrected chi connectivity index (χ4v) is 9.38. The third-order valence-corrected chi connectivity index (χ3v) is 12.4. The lowest BCUT2D eigenvalue weighted by Crippen LogP contribution is -2.55. The third kappa shape index (κ3) is 4.69. The van der Waals surface area contributed by atoms with Gasteiger partial charge in [-0.2, -0.15) is 0 Å². The first-order valence-corrected chi connectivity index (χ1v) is 14.5. The molecule has 37 heavy (non-hydrogen) atoms. The third-order valence-electron chi connectivity index (χ3n) is 12.4. The average molecular weight is 525 g/mol. The number of aliphatic hydroxyl groups excluding tert-OH is 3. The molecule has 0 aromatic rings. The van der Waals surface area contributed by atoms with Gasteiger partial charge in [0.15, 0.2) is 0 Å². The van der Waals surface area contributed by atoms with Gasteiger partial charge in [-0.1, -0.05) is 27.7 Å². The molecule has 4 rings (SSSR count). The smallest absolute Gasteiger partial charge is 0.309 e. The van der Waals surface area contributed by atoms with Crippen LogP contribution in [0.15, 0.2) is 0 Å². The van der Waals surface area contributed by atoms with Crippen LogP contribution in [-0.2, 0) is 19.0 Å². The highest BCUT2D eigenvalue weighted by Gasteiger charge is 2.63. The number of cyclic esters (lactones) is 1. The molecule has 0 bridgehead atoms. The van der Waals surface area contributed by atoms with E-state index in [0.717, 1.165) is 25.7 Å². The molecular weight excluding hydrogens is 472 g/mol. The number of carbonyl (C=O) groups is 1. The first-order chi connectivity index (χ1) is 17.2. The summed E-state index contributed by atoms with van der Waals surface area (Å²) in [7, 11) is 3.25. The molecule has 3 aliphatic carbocycles. The lowest BCUT2D eigenvalue weighted by molar-refractivity contribution is -0.164. The SMILES string of the molecule is CO[C@H]1C[C@@H]2C(=O)OC[C@@H]3[C@H](CC[C@]4(C)[C@@H]([C@H](C)[C@H](O)[C@H](O)[C@@H](C)C(C)(C)OC)CC[C@@H]34)[C@@]2(C)C[C@H]1O. The van der Waals surface area contributed by atoms with E-state index in [2.05, 4.69) is 20.8 Å². The molecule has 13 atom stereocenters. The van der Waals surface area contributed by atoms with E-state index in [1.54, 1.807) is 14.2 Å². The Kier molecular flexibility index (Phi) is 8.18. The topological polar surface area (TPSA) is 105 Å². The van der Waals surface area contributed by atoms with Gasteiger partial charge in [-0.3, -0.25) is 4.79 Å². The molecule has 1 aliphatic heterocycles. The Balaban J connectivity index is 1.56. The van der Waals surface area contributed by atoms with E-state index in [-0.39, 0.29) is 52.5 Å². The molecule has 3 saturated carbocycles. The van der Waals surface area contributed by atoms with Crippen LogP contribution in [-0.4, -0.2) is 72.1 Å². The van der Waals surface area contributed by atoms with Crippen molar-refractivity contribution in [3.63, 3.8) is 0 Å². The van der Waals surface area contributed by atoms with E-state index in [4.69, 9.17) is 14.2 Å². The predicted molar refractivity (Wildman–Crippen MR) is 141 cm³/mol. The molecule has 7 nitrogen and oxygen atoms in total. The lowest BCUT2D eigenvalue weighted by atomic mass is 9.48. The van der Waals surface area contributed by atoms with Gasteiger partial charge < -0.3 is 29.5 Å². The van der Waals surface area contributed by atoms with Crippen LogP contribution < -0.4 is 0 Å². The first kappa shape index (κ1) is 29.3. The summed E-state index contributed by atoms with van der Waals surface area (Å²) >= 11 is 0. The molecule has 0 aromatic carbocycles. The Morgan fingerprint density at radius 2 is 1.68 bits per heavy atom. The van der Waals surface area contributed by atoms with Crippen molar-refractivity contribution in [1.29, 1.82) is 0 Å². The summed E-state index contributed by atoms with van der Waals surface area (Å²) in [5, 5.41) is 33.4. The Morgan fingerprint density at radius 1 is 1.03 bits per heavy atom. The van der Waals surface area contributed by atoms with Gasteiger partial charge in [-0.25, -0.2) is 0 Å². The Labute approximate surface area is 223 Å². The van der Waals surface area contributed by atoms with Crippen LogP contribution in [0.4, 0.5) is 0 Å². The minimum absolute atomic E-state index is 0.00620. The molecule has 4 aliphatic rings. The fraction of sp³-hybridized carbons (Fsp3) is 0.967. The molecule has 7 heteroatoms. The van der Waals surface area contributed by atoms with E-state index < -0.39 is 23.9 Å². The maximum Gasteiger partial charge on any atom is 0.309 e. The number of hydrogen-bond donors (Lipinski definition) is 3. The average Bonchev–Trinajstić information content (AvgIpc) is 3.17. The van der Waals surface area contributed by atoms with Gasteiger partial charge in [-0.05, 0) is 92.8 Å². The Bertz CT molecular complexity index is 831. The summed E-state index contributed by atoms with van der Waals surface area (Å²) in [6, 6.07) is 0. The second-order valence-electron chi connectivity index (χ2n) is 14.0. The van der Waals surface area contributed by atoms with Gasteiger partial charge in [0.2, 0.25) is 0 Å². The summed E-state index contributed by atoms with van der Waals surface area (Å²) in [5.74, 6) is 0.545. The molecule has 0 radical (unpaired) electrons. The summed E-state index contributed by atoms with van der Waals surface area (Å²) in [6.07, 6.45) is 2.51. The zero-order valence-corrected chi connectivity index (χ0v) is 24.3. The summed E-state index contributed by atoms with van der Waals surface area (Å²) in [5.41, 5.74) is -0.844. The number of fused-ring (bicyclic) bond motifs is 5. The molecule has 0 spiro atoms. The molecule has 0 unspecified atom stereocenters. The number of rotatable bonds is 7. The largest absolute Gasteiger partial charge is 0.465 e. The van der Waals surface area contributed by atoms with Crippen LogP contribution in [0.1, 0.15) is 80.1 Å². The minimum atomic E-state index is -0.875. The minimum Gasteiger partial charge on any atom is -0.465 e. The summed E-state index contributed by atoms with van der Waals surface area (Å²) in [4.78, 5) is 13.2. The van der Waals surface area contributed by atoms with E-state index >= 15 is 0 Å². The van der Waals surface area contributed by atoms with E-state index in [0.29, 0.717) is 31.3 Å². The number of ether oxygens (including phenoxy) is 3. The van der Waals surface area contributed by atoms with Gasteiger partial charge in [0.05, 0.1) is 42.5 Å². The quantitative estimate of drug-likeness (QED) is 0.435. The van der Waals surface area contributed by atoms with E-state index in [9.17, 15) is 20.1 Å². The lowest BCUT2D eigenvalue weighted by Gasteiger charge is -2.56. The maximum atomic E-state index is 13.2. The van der Waals surface area contributed by atoms with E-state index in [1.807, 2.05) is 20.8 Å². The predicted octanol–water partition coefficient (Wildman–Crippen LogP) is 3.81. The molecule has 1 saturated heterocycles. The van der Waals surface area contributed by atoms with Gasteiger partial charge in [0, 0.05) is 20.1 Å². The number of aliphatic hydroxyl groups is 3. The van der Waals surface area contributed by atoms with Crippen molar-refractivity contribution < 1.29 is 34.3 Å². The van der Waals surface area contributed by atoms with Gasteiger partial charge in [0.25, 0.3) is 0 Å². The maximum absolute atomic E-state index is 13.2. The highest BCUT2D eigenvalue weighted by molar-refractivity contribution is 5.74. The van der Waals surface area contributed by atoms with Crippen LogP contribution in [0.25, 0.3) is 0 Å². The second kappa shape index (κ2) is 10.3. The van der Waals surface area contributed by atoms with Crippen molar-refractivity contribution in [2.45, 2.75) is 110 Å². The first-order valence-electron chi connectivity index (χ1n) is 14.5. The van der Waals surface area contributed by atoms with Crippen LogP contribution in [0.3, 0.4) is 0 Å². The normalized spacial score (nSPS) is 45.5. The zero-order valence-electron chi connectivity index (χ0n) is 24.3. The standard InChI is InChI=1S/C30H52O7/c1-16(25(32)26(33)17(2)28(3,4)36-8)19-9-10-20-18-15-37-27(34)22-13-24(35-7)23(31)14-30(22,6)21(18)11-12-29(19,20)5/h16-26,31-33H,9-15H2,1-8H3/t16-,17+,18-,19+,20-,21-,22+,23+,24-,25-,26+,29+,30+/m0/s1. The van der Waals surface area contributed by atoms with Crippen molar-refractivity contribution in [2.75, 3.05) is 20.8 Å². The van der Waals surface area contributed by atoms with Crippen molar-refractivity contribution in [1.82, 2.24) is 0 Å². The Hall–Kier alpha value is -0.730. The molecule has 0 aromatic heterocycles. The molecule has 0 amide bonds. The van der Waals surface area contributed by atoms with Gasteiger partial charge in [-0.15, -0.1) is 0 Å². The summed E-state index contributed by atoms with van der Waals surface area (Å²) < 4.78 is 17.1. The summed E-state index contributed by atoms with van der Waals surface area (Å²) in [6.45, 7) is 12.9. The molecule has 4 fully saturated rings. The Morgan fingerprint density at radius 3 is 2.30 bits per heavy atom. The van der Waals surface area contributed by atoms with E-state index in [1.165, 1.54) is 0 Å². The second-order valence-corrected chi connectivity index (χ2v) is 14.0. The molecule has 214 valence electrons. The number of carbonyl (C=O) groups excluding carboxylic acids is 1. The zero-order chi connectivity index (χ0) is 27.5.